The first-order chi connectivity index (χ1) is 67.7. The minimum atomic E-state index is -0.288. The number of rotatable bonds is 28. The predicted octanol–water partition coefficient (Wildman–Crippen LogP) is 41.3. The first-order valence-electron chi connectivity index (χ1n) is 55.9. The molecule has 0 bridgehead atoms. The number of hydrogen-bond acceptors (Lipinski definition) is 2. The van der Waals surface area contributed by atoms with Gasteiger partial charge in [-0.25, -0.2) is 0 Å². The van der Waals surface area contributed by atoms with Gasteiger partial charge in [0, 0.05) is 33.6 Å². The van der Waals surface area contributed by atoms with Gasteiger partial charge in [0.1, 0.15) is 0 Å². The van der Waals surface area contributed by atoms with Crippen LogP contribution in [0.15, 0.2) is 243 Å². The Labute approximate surface area is 870 Å². The van der Waals surface area contributed by atoms with Crippen LogP contribution < -0.4 is 9.80 Å². The van der Waals surface area contributed by atoms with Gasteiger partial charge < -0.3 is 9.80 Å². The molecule has 2 nitrogen and oxygen atoms in total. The molecule has 17 rings (SSSR count). The van der Waals surface area contributed by atoms with E-state index in [0.717, 1.165) is 58.3 Å². The van der Waals surface area contributed by atoms with E-state index < -0.39 is 0 Å². The van der Waals surface area contributed by atoms with Gasteiger partial charge in [0.05, 0.1) is 16.8 Å². The summed E-state index contributed by atoms with van der Waals surface area (Å²) in [5, 5.41) is 3.06. The third kappa shape index (κ3) is 24.5. The lowest BCUT2D eigenvalue weighted by molar-refractivity contribution is 0.267. The minimum Gasteiger partial charge on any atom is -0.310 e. The molecule has 0 saturated heterocycles. The lowest BCUT2D eigenvalue weighted by Gasteiger charge is -2.48. The third-order valence-electron chi connectivity index (χ3n) is 33.4. The van der Waals surface area contributed by atoms with E-state index >= 15 is 0 Å². The molecule has 4 atom stereocenters. The van der Waals surface area contributed by atoms with Gasteiger partial charge in [0.2, 0.25) is 0 Å². The summed E-state index contributed by atoms with van der Waals surface area (Å²) >= 11 is 0. The second kappa shape index (κ2) is 45.0. The summed E-state index contributed by atoms with van der Waals surface area (Å²) in [6.07, 6.45) is 27.1. The largest absolute Gasteiger partial charge is 0.310 e. The van der Waals surface area contributed by atoms with E-state index in [1.54, 1.807) is 33.4 Å². The van der Waals surface area contributed by atoms with Crippen molar-refractivity contribution < 1.29 is 0 Å². The highest BCUT2D eigenvalue weighted by atomic mass is 15.2. The van der Waals surface area contributed by atoms with Crippen LogP contribution in [0.5, 0.6) is 0 Å². The van der Waals surface area contributed by atoms with Crippen molar-refractivity contribution in [2.45, 2.75) is 377 Å². The zero-order valence-corrected chi connectivity index (χ0v) is 95.1. The van der Waals surface area contributed by atoms with Crippen LogP contribution in [0.2, 0.25) is 0 Å². The predicted molar refractivity (Wildman–Crippen MR) is 627 cm³/mol. The number of anilines is 6. The van der Waals surface area contributed by atoms with E-state index in [1.807, 2.05) is 0 Å². The topological polar surface area (TPSA) is 6.48 Å². The van der Waals surface area contributed by atoms with E-state index in [1.165, 1.54) is 273 Å². The van der Waals surface area contributed by atoms with E-state index in [2.05, 4.69) is 474 Å². The summed E-state index contributed by atoms with van der Waals surface area (Å²) in [4.78, 5) is 4.84. The van der Waals surface area contributed by atoms with Crippen molar-refractivity contribution in [3.8, 4) is 22.3 Å². The average Bonchev–Trinajstić information content (AvgIpc) is 1.50. The maximum atomic E-state index is 2.63. The van der Waals surface area contributed by atoms with Crippen LogP contribution in [-0.4, -0.2) is 0 Å². The van der Waals surface area contributed by atoms with Crippen molar-refractivity contribution in [3.05, 3.63) is 376 Å². The lowest BCUT2D eigenvalue weighted by atomic mass is 9.55. The highest BCUT2D eigenvalue weighted by Crippen LogP contribution is 2.73. The van der Waals surface area contributed by atoms with Gasteiger partial charge >= 0.3 is 0 Å². The summed E-state index contributed by atoms with van der Waals surface area (Å²) in [5.74, 6) is 4.98. The van der Waals surface area contributed by atoms with Crippen molar-refractivity contribution in [2.24, 2.45) is 46.3 Å². The molecule has 0 aliphatic heterocycles. The number of benzene rings is 13. The van der Waals surface area contributed by atoms with Crippen LogP contribution in [0, 0.1) is 143 Å². The fourth-order valence-electron chi connectivity index (χ4n) is 26.5. The maximum Gasteiger partial charge on any atom is 0.0713 e. The summed E-state index contributed by atoms with van der Waals surface area (Å²) in [7, 11) is 0. The van der Waals surface area contributed by atoms with E-state index in [4.69, 9.17) is 0 Å². The molecule has 2 heteroatoms. The highest BCUT2D eigenvalue weighted by Gasteiger charge is 2.66. The molecule has 0 spiro atoms. The van der Waals surface area contributed by atoms with Crippen LogP contribution in [0.3, 0.4) is 0 Å². The standard InChI is InChI=1S/C44H52N2.C40H60.C29H26.C28H44/c1-29-13-17-37(18-14-29)45(41-31(3)25-35(26-32(41)4)43(7,8)9)39-21-23-40(24-22-39)46(38-19-15-30(2)16-20-38)42-33(5)27-36(28-34(42)6)44(10,11)12;1-27-13-17-33-34-18-14-28(2)20-36(34)40-25-31(15-11-29(3)21-37(5,6)7)23-39(40,35(33)19-27)24-32(26-40)16-12-30(4)22-38(8,9)10;1-19-5-11-23(12-6-19)29(24-13-7-20(2)8-14-24)27-17-21(3)9-15-25(27)26-16-10-22(4)18-28(26)29;1-7-11-13-23(9-3)19-25-15-21(5)18-28-26(16-22(6)17-27(25)28)20-24(10-4)14-12-8-2/h13-28H,1-12H3;13-14,17-20,29-32H,11-12,15-16,21-26H2,1-10H3;5-18H,1-4H3;15-18,23-24H,7-14,19-20H2,1-6H3. The monoisotopic (exact) mass is 1900 g/mol. The highest BCUT2D eigenvalue weighted by molar-refractivity contribution is 5.92. The first kappa shape index (κ1) is 108. The summed E-state index contributed by atoms with van der Waals surface area (Å²) in [6.45, 7) is 73.8. The molecular formula is C141H182N2. The van der Waals surface area contributed by atoms with Gasteiger partial charge in [0.15, 0.2) is 0 Å². The Morgan fingerprint density at radius 3 is 0.832 bits per heavy atom. The molecule has 756 valence electrons. The van der Waals surface area contributed by atoms with Gasteiger partial charge in [-0.1, -0.05) is 451 Å². The fraction of sp³-hybridized carbons (Fsp3) is 0.461. The third-order valence-corrected chi connectivity index (χ3v) is 33.4. The molecule has 13 aromatic carbocycles. The summed E-state index contributed by atoms with van der Waals surface area (Å²) in [6, 6.07) is 93.3. The molecule has 2 fully saturated rings. The van der Waals surface area contributed by atoms with Gasteiger partial charge in [-0.05, 0) is 365 Å². The molecule has 0 heterocycles. The molecule has 13 aromatic rings. The van der Waals surface area contributed by atoms with Gasteiger partial charge in [0.25, 0.3) is 0 Å². The molecule has 0 amide bonds. The maximum absolute atomic E-state index is 2.63. The Bertz CT molecular complexity index is 6050. The number of fused-ring (bicyclic) bond motifs is 7. The van der Waals surface area contributed by atoms with Gasteiger partial charge in [-0.15, -0.1) is 0 Å². The Morgan fingerprint density at radius 2 is 0.559 bits per heavy atom. The zero-order valence-electron chi connectivity index (χ0n) is 95.1. The summed E-state index contributed by atoms with van der Waals surface area (Å²) < 4.78 is 0. The van der Waals surface area contributed by atoms with Crippen LogP contribution in [0.4, 0.5) is 34.1 Å². The van der Waals surface area contributed by atoms with Gasteiger partial charge in [-0.3, -0.25) is 0 Å². The summed E-state index contributed by atoms with van der Waals surface area (Å²) in [5.41, 5.74) is 47.7. The fourth-order valence-corrected chi connectivity index (χ4v) is 26.5. The van der Waals surface area contributed by atoms with Crippen LogP contribution in [0.25, 0.3) is 33.0 Å². The SMILES string of the molecule is CCCCC(CC)Cc1cc(C)cc2c(CC(CC)CCCC)cc(C)cc12.Cc1ccc(C2(c3ccc(C)cc3)c3cc(C)ccc3-c3ccc(C)cc32)cc1.Cc1ccc(N(c2ccc(N(c3ccc(C)cc3)c3c(C)cc(C(C)(C)C)cc3C)cc2)c2c(C)cc(C(C)(C)C)cc2C)cc1.Cc1ccc2c(c1)C13CC(CCC(C)CC(C)(C)C)CC1(CC(CCC(C)CC(C)(C)C)C3)c1cc(C)ccc1-2. The molecule has 4 aliphatic carbocycles. The van der Waals surface area contributed by atoms with Crippen LogP contribution in [0.1, 0.15) is 374 Å². The molecule has 0 radical (unpaired) electrons. The number of aryl methyl sites for hydroxylation is 14. The van der Waals surface area contributed by atoms with Crippen molar-refractivity contribution in [2.75, 3.05) is 9.80 Å². The number of hydrogen-bond donors (Lipinski definition) is 0. The Hall–Kier alpha value is -10.3. The van der Waals surface area contributed by atoms with Gasteiger partial charge in [-0.2, -0.15) is 0 Å². The number of unbranched alkanes of at least 4 members (excludes halogenated alkanes) is 2. The van der Waals surface area contributed by atoms with E-state index in [0.29, 0.717) is 21.7 Å². The zero-order chi connectivity index (χ0) is 103. The van der Waals surface area contributed by atoms with Crippen LogP contribution >= 0.6 is 0 Å². The van der Waals surface area contributed by atoms with Crippen molar-refractivity contribution in [1.29, 1.82) is 0 Å². The molecule has 4 unspecified atom stereocenters. The second-order valence-corrected chi connectivity index (χ2v) is 50.7. The quantitative estimate of drug-likeness (QED) is 0.0482. The smallest absolute Gasteiger partial charge is 0.0713 e. The van der Waals surface area contributed by atoms with Crippen molar-refractivity contribution in [3.63, 3.8) is 0 Å². The number of nitrogens with zero attached hydrogens (tertiary/aromatic N) is 2. The van der Waals surface area contributed by atoms with Crippen molar-refractivity contribution >= 4 is 44.9 Å². The Balaban J connectivity index is 0.000000154. The first-order valence-corrected chi connectivity index (χ1v) is 55.9. The Kier molecular flexibility index (Phi) is 34.1. The second-order valence-electron chi connectivity index (χ2n) is 50.7. The molecule has 143 heavy (non-hydrogen) atoms. The molecule has 0 N–H and O–H groups in total. The van der Waals surface area contributed by atoms with Crippen LogP contribution in [-0.2, 0) is 39.9 Å². The average molecular weight is 1910 g/mol. The lowest BCUT2D eigenvalue weighted by Crippen LogP contribution is -2.43. The molecule has 2 saturated carbocycles. The Morgan fingerprint density at radius 1 is 0.294 bits per heavy atom. The van der Waals surface area contributed by atoms with E-state index in [-0.39, 0.29) is 16.2 Å². The molecular weight excluding hydrogens is 1720 g/mol. The van der Waals surface area contributed by atoms with E-state index in [9.17, 15) is 0 Å². The normalized spacial score (nSPS) is 17.4. The van der Waals surface area contributed by atoms with Crippen molar-refractivity contribution in [1.82, 2.24) is 0 Å². The molecule has 0 aromatic heterocycles. The molecule has 4 aliphatic rings. The minimum absolute atomic E-state index is 0.0885.